The Kier molecular flexibility index (Phi) is 8.63. The summed E-state index contributed by atoms with van der Waals surface area (Å²) in [4.78, 5) is 14.2. The molecule has 11 heteroatoms. The molecule has 224 valence electrons. The number of hydrogen-bond donors (Lipinski definition) is 0. The van der Waals surface area contributed by atoms with E-state index in [1.165, 1.54) is 30.5 Å². The first kappa shape index (κ1) is 29.2. The van der Waals surface area contributed by atoms with Crippen LogP contribution in [0.3, 0.4) is 0 Å². The molecular weight excluding hydrogens is 572 g/mol. The van der Waals surface area contributed by atoms with Gasteiger partial charge in [-0.05, 0) is 100.0 Å². The van der Waals surface area contributed by atoms with Crippen molar-refractivity contribution in [1.82, 2.24) is 23.6 Å². The first-order valence-electron chi connectivity index (χ1n) is 15.0. The van der Waals surface area contributed by atoms with Gasteiger partial charge in [-0.1, -0.05) is 13.0 Å². The third-order valence-electron chi connectivity index (χ3n) is 8.65. The molecule has 4 aromatic rings. The molecule has 0 saturated carbocycles. The molecule has 0 unspecified atom stereocenters. The molecule has 42 heavy (non-hydrogen) atoms. The van der Waals surface area contributed by atoms with Gasteiger partial charge in [0.1, 0.15) is 17.3 Å². The maximum absolute atomic E-state index is 13.4. The number of pyridine rings is 1. The standard InChI is InChI=1S/C31H39FN6O2S2/c1-3-27-30(35(2)31-34-28(22-41-31)24-7-10-26(32)11-8-24)38-21-25(9-12-29(38)33-27)23-13-18-37(19-14-23)42(39,40)20-6-17-36-15-4-5-16-36/h7-12,21-23H,3-6,13-20H2,1-2H3. The summed E-state index contributed by atoms with van der Waals surface area (Å²) in [6.07, 6.45) is 7.74. The van der Waals surface area contributed by atoms with E-state index in [9.17, 15) is 12.8 Å². The normalized spacial score (nSPS) is 17.4. The zero-order valence-electron chi connectivity index (χ0n) is 24.4. The predicted octanol–water partition coefficient (Wildman–Crippen LogP) is 5.92. The van der Waals surface area contributed by atoms with E-state index in [1.54, 1.807) is 27.8 Å². The van der Waals surface area contributed by atoms with E-state index in [1.807, 2.05) is 12.4 Å². The number of sulfonamides is 1. The van der Waals surface area contributed by atoms with Crippen LogP contribution in [0.2, 0.25) is 0 Å². The molecule has 0 bridgehead atoms. The highest BCUT2D eigenvalue weighted by Gasteiger charge is 2.29. The van der Waals surface area contributed by atoms with Crippen molar-refractivity contribution in [2.24, 2.45) is 0 Å². The Bertz CT molecular complexity index is 1620. The highest BCUT2D eigenvalue weighted by molar-refractivity contribution is 7.89. The number of benzene rings is 1. The lowest BCUT2D eigenvalue weighted by Gasteiger charge is -2.31. The summed E-state index contributed by atoms with van der Waals surface area (Å²) >= 11 is 1.54. The average molecular weight is 611 g/mol. The van der Waals surface area contributed by atoms with Gasteiger partial charge in [0.05, 0.1) is 17.1 Å². The molecule has 5 heterocycles. The van der Waals surface area contributed by atoms with Gasteiger partial charge in [-0.2, -0.15) is 0 Å². The molecule has 2 aliphatic heterocycles. The minimum Gasteiger partial charge on any atom is -0.305 e. The number of hydrogen-bond acceptors (Lipinski definition) is 7. The van der Waals surface area contributed by atoms with Crippen LogP contribution in [0.4, 0.5) is 15.3 Å². The maximum atomic E-state index is 13.4. The van der Waals surface area contributed by atoms with E-state index in [0.29, 0.717) is 25.4 Å². The zero-order valence-corrected chi connectivity index (χ0v) is 26.0. The van der Waals surface area contributed by atoms with E-state index in [-0.39, 0.29) is 11.6 Å². The van der Waals surface area contributed by atoms with Crippen LogP contribution in [0.25, 0.3) is 16.9 Å². The lowest BCUT2D eigenvalue weighted by atomic mass is 9.91. The van der Waals surface area contributed by atoms with Crippen molar-refractivity contribution < 1.29 is 12.8 Å². The number of piperidine rings is 1. The van der Waals surface area contributed by atoms with Crippen molar-refractivity contribution in [2.45, 2.75) is 51.4 Å². The molecule has 0 spiro atoms. The van der Waals surface area contributed by atoms with E-state index < -0.39 is 10.0 Å². The number of rotatable bonds is 10. The summed E-state index contributed by atoms with van der Waals surface area (Å²) in [6, 6.07) is 10.6. The summed E-state index contributed by atoms with van der Waals surface area (Å²) in [7, 11) is -1.21. The fourth-order valence-corrected chi connectivity index (χ4v) is 8.59. The van der Waals surface area contributed by atoms with Crippen LogP contribution in [0.1, 0.15) is 56.2 Å². The molecule has 2 aliphatic rings. The first-order valence-corrected chi connectivity index (χ1v) is 17.5. The second-order valence-corrected chi connectivity index (χ2v) is 14.3. The Morgan fingerprint density at radius 3 is 2.48 bits per heavy atom. The molecule has 8 nitrogen and oxygen atoms in total. The monoisotopic (exact) mass is 610 g/mol. The predicted molar refractivity (Wildman–Crippen MR) is 168 cm³/mol. The fourth-order valence-electron chi connectivity index (χ4n) is 6.27. The van der Waals surface area contributed by atoms with Crippen LogP contribution in [0.15, 0.2) is 48.0 Å². The first-order chi connectivity index (χ1) is 20.3. The minimum atomic E-state index is -3.22. The summed E-state index contributed by atoms with van der Waals surface area (Å²) in [5.41, 5.74) is 4.76. The van der Waals surface area contributed by atoms with Gasteiger partial charge in [0, 0.05) is 37.3 Å². The average Bonchev–Trinajstić information content (AvgIpc) is 3.77. The van der Waals surface area contributed by atoms with Crippen molar-refractivity contribution in [1.29, 1.82) is 0 Å². The molecule has 2 fully saturated rings. The topological polar surface area (TPSA) is 74.1 Å². The van der Waals surface area contributed by atoms with Crippen molar-refractivity contribution in [3.63, 3.8) is 0 Å². The molecule has 6 rings (SSSR count). The van der Waals surface area contributed by atoms with Gasteiger partial charge in [0.2, 0.25) is 10.0 Å². The van der Waals surface area contributed by atoms with E-state index >= 15 is 0 Å². The lowest BCUT2D eigenvalue weighted by molar-refractivity contribution is 0.314. The Morgan fingerprint density at radius 1 is 1.02 bits per heavy atom. The SMILES string of the molecule is CCc1nc2ccc(C3CCN(S(=O)(=O)CCCN4CCCC4)CC3)cn2c1N(C)c1nc(-c2ccc(F)cc2)cs1. The number of anilines is 2. The lowest BCUT2D eigenvalue weighted by Crippen LogP contribution is -2.39. The number of aryl methyl sites for hydroxylation is 1. The van der Waals surface area contributed by atoms with Gasteiger partial charge in [0.25, 0.3) is 0 Å². The summed E-state index contributed by atoms with van der Waals surface area (Å²) in [5, 5.41) is 2.83. The Labute approximate surface area is 251 Å². The van der Waals surface area contributed by atoms with Crippen LogP contribution < -0.4 is 4.90 Å². The van der Waals surface area contributed by atoms with Gasteiger partial charge < -0.3 is 9.80 Å². The number of imidazole rings is 1. The van der Waals surface area contributed by atoms with Crippen molar-refractivity contribution in [3.8, 4) is 11.3 Å². The molecule has 0 aliphatic carbocycles. The van der Waals surface area contributed by atoms with Gasteiger partial charge in [0.15, 0.2) is 5.13 Å². The van der Waals surface area contributed by atoms with Gasteiger partial charge in [-0.25, -0.2) is 27.1 Å². The number of nitrogens with zero attached hydrogens (tertiary/aromatic N) is 6. The number of thiazole rings is 1. The second-order valence-electron chi connectivity index (χ2n) is 11.4. The van der Waals surface area contributed by atoms with Gasteiger partial charge in [-0.15, -0.1) is 11.3 Å². The van der Waals surface area contributed by atoms with E-state index in [4.69, 9.17) is 9.97 Å². The second kappa shape index (κ2) is 12.4. The van der Waals surface area contributed by atoms with Gasteiger partial charge in [-0.3, -0.25) is 4.40 Å². The van der Waals surface area contributed by atoms with Gasteiger partial charge >= 0.3 is 0 Å². The molecule has 0 amide bonds. The van der Waals surface area contributed by atoms with Crippen LogP contribution in [-0.4, -0.2) is 77.5 Å². The molecule has 3 aromatic heterocycles. The molecule has 1 aromatic carbocycles. The fraction of sp³-hybridized carbons (Fsp3) is 0.484. The van der Waals surface area contributed by atoms with Crippen molar-refractivity contribution in [3.05, 3.63) is 65.0 Å². The summed E-state index contributed by atoms with van der Waals surface area (Å²) in [6.45, 7) is 6.32. The minimum absolute atomic E-state index is 0.240. The third-order valence-corrected chi connectivity index (χ3v) is 11.5. The molecule has 0 N–H and O–H groups in total. The summed E-state index contributed by atoms with van der Waals surface area (Å²) in [5.74, 6) is 1.25. The summed E-state index contributed by atoms with van der Waals surface area (Å²) < 4.78 is 43.4. The van der Waals surface area contributed by atoms with E-state index in [0.717, 1.165) is 72.4 Å². The third kappa shape index (κ3) is 6.10. The zero-order chi connectivity index (χ0) is 29.3. The largest absolute Gasteiger partial charge is 0.305 e. The molecule has 0 atom stereocenters. The maximum Gasteiger partial charge on any atom is 0.214 e. The number of fused-ring (bicyclic) bond motifs is 1. The number of halogens is 1. The van der Waals surface area contributed by atoms with Crippen molar-refractivity contribution >= 4 is 38.0 Å². The number of likely N-dealkylation sites (tertiary alicyclic amines) is 1. The van der Waals surface area contributed by atoms with Crippen LogP contribution in [0, 0.1) is 5.82 Å². The Morgan fingerprint density at radius 2 is 1.76 bits per heavy atom. The quantitative estimate of drug-likeness (QED) is 0.222. The Balaban J connectivity index is 1.16. The molecular formula is C31H39FN6O2S2. The highest BCUT2D eigenvalue weighted by Crippen LogP contribution is 2.35. The smallest absolute Gasteiger partial charge is 0.214 e. The van der Waals surface area contributed by atoms with Crippen LogP contribution in [0.5, 0.6) is 0 Å². The molecule has 2 saturated heterocycles. The highest BCUT2D eigenvalue weighted by atomic mass is 32.2. The molecule has 0 radical (unpaired) electrons. The van der Waals surface area contributed by atoms with E-state index in [2.05, 4.69) is 39.5 Å². The van der Waals surface area contributed by atoms with Crippen LogP contribution in [-0.2, 0) is 16.4 Å². The van der Waals surface area contributed by atoms with Crippen LogP contribution >= 0.6 is 11.3 Å². The Hall–Kier alpha value is -2.86. The van der Waals surface area contributed by atoms with Crippen molar-refractivity contribution in [2.75, 3.05) is 50.4 Å². The number of aromatic nitrogens is 3.